The van der Waals surface area contributed by atoms with Gasteiger partial charge >= 0.3 is 0 Å². The highest BCUT2D eigenvalue weighted by atomic mass is 35.5. The third-order valence-electron chi connectivity index (χ3n) is 3.77. The summed E-state index contributed by atoms with van der Waals surface area (Å²) in [5, 5.41) is 5.88. The number of aliphatic imine (C=N–C) groups is 1. The van der Waals surface area contributed by atoms with E-state index in [2.05, 4.69) is 34.2 Å². The SMILES string of the molecule is Clc1ccc(-c2csc(N=Cc3cccc4ccccc34)n2)cc1. The van der Waals surface area contributed by atoms with Crippen LogP contribution in [0.3, 0.4) is 0 Å². The summed E-state index contributed by atoms with van der Waals surface area (Å²) in [4.78, 5) is 9.13. The van der Waals surface area contributed by atoms with Gasteiger partial charge in [-0.25, -0.2) is 9.98 Å². The van der Waals surface area contributed by atoms with Gasteiger partial charge in [-0.05, 0) is 22.9 Å². The monoisotopic (exact) mass is 348 g/mol. The van der Waals surface area contributed by atoms with Crippen LogP contribution in [-0.4, -0.2) is 11.2 Å². The number of hydrogen-bond donors (Lipinski definition) is 0. The molecule has 24 heavy (non-hydrogen) atoms. The fourth-order valence-electron chi connectivity index (χ4n) is 2.56. The van der Waals surface area contributed by atoms with E-state index in [9.17, 15) is 0 Å². The van der Waals surface area contributed by atoms with E-state index in [4.69, 9.17) is 11.6 Å². The van der Waals surface area contributed by atoms with E-state index in [1.54, 1.807) is 0 Å². The van der Waals surface area contributed by atoms with Crippen molar-refractivity contribution in [1.29, 1.82) is 0 Å². The van der Waals surface area contributed by atoms with Crippen molar-refractivity contribution < 1.29 is 0 Å². The molecule has 0 fully saturated rings. The van der Waals surface area contributed by atoms with Crippen molar-refractivity contribution in [3.63, 3.8) is 0 Å². The molecule has 0 aliphatic carbocycles. The average molecular weight is 349 g/mol. The summed E-state index contributed by atoms with van der Waals surface area (Å²) < 4.78 is 0. The molecule has 0 atom stereocenters. The largest absolute Gasteiger partial charge is 0.227 e. The molecule has 1 heterocycles. The zero-order chi connectivity index (χ0) is 16.4. The van der Waals surface area contributed by atoms with Crippen LogP contribution in [0.2, 0.25) is 5.02 Å². The van der Waals surface area contributed by atoms with Crippen LogP contribution < -0.4 is 0 Å². The maximum atomic E-state index is 5.93. The molecule has 116 valence electrons. The first kappa shape index (κ1) is 15.1. The first-order valence-corrected chi connectivity index (χ1v) is 8.79. The summed E-state index contributed by atoms with van der Waals surface area (Å²) in [6.07, 6.45) is 1.88. The number of benzene rings is 3. The lowest BCUT2D eigenvalue weighted by Crippen LogP contribution is -1.83. The first-order valence-electron chi connectivity index (χ1n) is 7.53. The lowest BCUT2D eigenvalue weighted by molar-refractivity contribution is 1.36. The molecule has 4 heteroatoms. The molecular formula is C20H13ClN2S. The van der Waals surface area contributed by atoms with Crippen molar-refractivity contribution in [1.82, 2.24) is 4.98 Å². The summed E-state index contributed by atoms with van der Waals surface area (Å²) in [5.41, 5.74) is 3.06. The summed E-state index contributed by atoms with van der Waals surface area (Å²) >= 11 is 7.46. The zero-order valence-corrected chi connectivity index (χ0v) is 14.3. The van der Waals surface area contributed by atoms with Gasteiger partial charge in [-0.15, -0.1) is 11.3 Å². The summed E-state index contributed by atoms with van der Waals surface area (Å²) in [5.74, 6) is 0. The molecule has 4 rings (SSSR count). The minimum absolute atomic E-state index is 0.725. The molecule has 2 nitrogen and oxygen atoms in total. The molecule has 0 aliphatic heterocycles. The molecule has 0 saturated heterocycles. The minimum atomic E-state index is 0.725. The molecule has 0 saturated carbocycles. The number of rotatable bonds is 3. The average Bonchev–Trinajstić information content (AvgIpc) is 3.09. The molecule has 0 N–H and O–H groups in total. The second kappa shape index (κ2) is 6.56. The third kappa shape index (κ3) is 3.09. The number of nitrogens with zero attached hydrogens (tertiary/aromatic N) is 2. The summed E-state index contributed by atoms with van der Waals surface area (Å²) in [7, 11) is 0. The normalized spacial score (nSPS) is 11.4. The molecule has 4 aromatic rings. The second-order valence-corrected chi connectivity index (χ2v) is 6.62. The van der Waals surface area contributed by atoms with Crippen LogP contribution in [0.5, 0.6) is 0 Å². The Balaban J connectivity index is 1.63. The zero-order valence-electron chi connectivity index (χ0n) is 12.7. The predicted octanol–water partition coefficient (Wildman–Crippen LogP) is 6.37. The Morgan fingerprint density at radius 3 is 2.58 bits per heavy atom. The smallest absolute Gasteiger partial charge is 0.209 e. The Morgan fingerprint density at radius 1 is 0.917 bits per heavy atom. The predicted molar refractivity (Wildman–Crippen MR) is 104 cm³/mol. The van der Waals surface area contributed by atoms with Gasteiger partial charge in [0.15, 0.2) is 0 Å². The number of fused-ring (bicyclic) bond motifs is 1. The van der Waals surface area contributed by atoms with Crippen LogP contribution in [0.15, 0.2) is 77.1 Å². The van der Waals surface area contributed by atoms with E-state index in [0.29, 0.717) is 0 Å². The van der Waals surface area contributed by atoms with Crippen LogP contribution in [0.4, 0.5) is 5.13 Å². The van der Waals surface area contributed by atoms with E-state index in [1.807, 2.05) is 54.1 Å². The van der Waals surface area contributed by atoms with Crippen molar-refractivity contribution in [2.75, 3.05) is 0 Å². The van der Waals surface area contributed by atoms with Crippen molar-refractivity contribution in [3.05, 3.63) is 82.7 Å². The standard InChI is InChI=1S/C20H13ClN2S/c21-17-10-8-15(9-11-17)19-13-24-20(23-19)22-12-16-6-3-5-14-4-1-2-7-18(14)16/h1-13H. The lowest BCUT2D eigenvalue weighted by atomic mass is 10.1. The topological polar surface area (TPSA) is 25.2 Å². The minimum Gasteiger partial charge on any atom is -0.227 e. The number of aromatic nitrogens is 1. The molecule has 0 aliphatic rings. The van der Waals surface area contributed by atoms with E-state index in [1.165, 1.54) is 22.1 Å². The van der Waals surface area contributed by atoms with Crippen molar-refractivity contribution in [2.45, 2.75) is 0 Å². The Hall–Kier alpha value is -2.49. The maximum Gasteiger partial charge on any atom is 0.209 e. The molecule has 0 bridgehead atoms. The Labute approximate surface area is 149 Å². The number of hydrogen-bond acceptors (Lipinski definition) is 3. The lowest BCUT2D eigenvalue weighted by Gasteiger charge is -2.00. The van der Waals surface area contributed by atoms with Crippen molar-refractivity contribution >= 4 is 45.1 Å². The molecule has 1 aromatic heterocycles. The van der Waals surface area contributed by atoms with Gasteiger partial charge in [0.1, 0.15) is 0 Å². The molecule has 0 unspecified atom stereocenters. The van der Waals surface area contributed by atoms with E-state index in [0.717, 1.165) is 27.0 Å². The van der Waals surface area contributed by atoms with Crippen LogP contribution in [0.1, 0.15) is 5.56 Å². The fraction of sp³-hybridized carbons (Fsp3) is 0. The van der Waals surface area contributed by atoms with E-state index < -0.39 is 0 Å². The third-order valence-corrected chi connectivity index (χ3v) is 4.77. The molecule has 0 radical (unpaired) electrons. The quantitative estimate of drug-likeness (QED) is 0.395. The van der Waals surface area contributed by atoms with Crippen LogP contribution in [0, 0.1) is 0 Å². The van der Waals surface area contributed by atoms with Gasteiger partial charge in [0.25, 0.3) is 0 Å². The second-order valence-electron chi connectivity index (χ2n) is 5.35. The van der Waals surface area contributed by atoms with Gasteiger partial charge in [0.05, 0.1) is 5.69 Å². The Morgan fingerprint density at radius 2 is 1.71 bits per heavy atom. The van der Waals surface area contributed by atoms with Crippen LogP contribution >= 0.6 is 22.9 Å². The van der Waals surface area contributed by atoms with Crippen LogP contribution in [-0.2, 0) is 0 Å². The molecule has 0 spiro atoms. The molecule has 3 aromatic carbocycles. The van der Waals surface area contributed by atoms with Crippen molar-refractivity contribution in [2.24, 2.45) is 4.99 Å². The molecule has 0 amide bonds. The van der Waals surface area contributed by atoms with E-state index >= 15 is 0 Å². The van der Waals surface area contributed by atoms with Gasteiger partial charge in [0.2, 0.25) is 5.13 Å². The number of halogens is 1. The first-order chi connectivity index (χ1) is 11.8. The summed E-state index contributed by atoms with van der Waals surface area (Å²) in [6.45, 7) is 0. The van der Waals surface area contributed by atoms with Gasteiger partial charge in [-0.3, -0.25) is 0 Å². The Kier molecular flexibility index (Phi) is 4.11. The Bertz CT molecular complexity index is 1010. The fourth-order valence-corrected chi connectivity index (χ4v) is 3.36. The van der Waals surface area contributed by atoms with Gasteiger partial charge in [-0.1, -0.05) is 66.2 Å². The summed E-state index contributed by atoms with van der Waals surface area (Å²) in [6, 6.07) is 22.2. The van der Waals surface area contributed by atoms with Gasteiger partial charge in [0, 0.05) is 27.7 Å². The highest BCUT2D eigenvalue weighted by Gasteiger charge is 2.04. The maximum absolute atomic E-state index is 5.93. The van der Waals surface area contributed by atoms with Crippen LogP contribution in [0.25, 0.3) is 22.0 Å². The highest BCUT2D eigenvalue weighted by Crippen LogP contribution is 2.28. The number of thiazole rings is 1. The van der Waals surface area contributed by atoms with Gasteiger partial charge < -0.3 is 0 Å². The van der Waals surface area contributed by atoms with Crippen molar-refractivity contribution in [3.8, 4) is 11.3 Å². The highest BCUT2D eigenvalue weighted by molar-refractivity contribution is 7.13. The van der Waals surface area contributed by atoms with E-state index in [-0.39, 0.29) is 0 Å². The molecular weight excluding hydrogens is 336 g/mol. The van der Waals surface area contributed by atoms with Gasteiger partial charge in [-0.2, -0.15) is 0 Å².